The first-order chi connectivity index (χ1) is 11.0. The SMILES string of the molecule is CN1C(=O)CC(Sc2ccc(NC(=O)c3ccco3)cc2)C1=O. The Balaban J connectivity index is 1.62. The van der Waals surface area contributed by atoms with Gasteiger partial charge in [-0.05, 0) is 36.4 Å². The van der Waals surface area contributed by atoms with Crippen LogP contribution in [0.15, 0.2) is 52.0 Å². The van der Waals surface area contributed by atoms with Gasteiger partial charge in [0, 0.05) is 24.1 Å². The van der Waals surface area contributed by atoms with Crippen LogP contribution in [0.2, 0.25) is 0 Å². The summed E-state index contributed by atoms with van der Waals surface area (Å²) in [5.74, 6) is -0.417. The summed E-state index contributed by atoms with van der Waals surface area (Å²) in [5.41, 5.74) is 0.627. The molecule has 1 atom stereocenters. The van der Waals surface area contributed by atoms with Gasteiger partial charge in [0.1, 0.15) is 0 Å². The predicted molar refractivity (Wildman–Crippen MR) is 85.1 cm³/mol. The standard InChI is InChI=1S/C16H14N2O4S/c1-18-14(19)9-13(16(18)21)23-11-6-4-10(5-7-11)17-15(20)12-3-2-8-22-12/h2-8,13H,9H2,1H3,(H,17,20). The number of carbonyl (C=O) groups excluding carboxylic acids is 3. The highest BCUT2D eigenvalue weighted by molar-refractivity contribution is 8.00. The number of furan rings is 1. The van der Waals surface area contributed by atoms with Crippen LogP contribution in [0.3, 0.4) is 0 Å². The summed E-state index contributed by atoms with van der Waals surface area (Å²) in [5, 5.41) is 2.34. The van der Waals surface area contributed by atoms with Gasteiger partial charge in [0.25, 0.3) is 5.91 Å². The van der Waals surface area contributed by atoms with E-state index in [4.69, 9.17) is 4.42 Å². The van der Waals surface area contributed by atoms with E-state index in [0.717, 1.165) is 9.80 Å². The third kappa shape index (κ3) is 3.29. The van der Waals surface area contributed by atoms with Crippen LogP contribution >= 0.6 is 11.8 Å². The maximum absolute atomic E-state index is 11.9. The second kappa shape index (κ2) is 6.29. The number of benzene rings is 1. The summed E-state index contributed by atoms with van der Waals surface area (Å²) in [6.07, 6.45) is 1.66. The van der Waals surface area contributed by atoms with Crippen LogP contribution in [0.4, 0.5) is 5.69 Å². The molecule has 3 rings (SSSR count). The maximum Gasteiger partial charge on any atom is 0.291 e. The average molecular weight is 330 g/mol. The topological polar surface area (TPSA) is 79.6 Å². The van der Waals surface area contributed by atoms with Gasteiger partial charge in [-0.15, -0.1) is 11.8 Å². The van der Waals surface area contributed by atoms with Gasteiger partial charge >= 0.3 is 0 Å². The zero-order valence-corrected chi connectivity index (χ0v) is 13.1. The fourth-order valence-electron chi connectivity index (χ4n) is 2.20. The van der Waals surface area contributed by atoms with Crippen LogP contribution in [-0.2, 0) is 9.59 Å². The molecule has 0 aliphatic carbocycles. The van der Waals surface area contributed by atoms with Crippen molar-refractivity contribution in [3.63, 3.8) is 0 Å². The van der Waals surface area contributed by atoms with E-state index in [1.807, 2.05) is 0 Å². The Morgan fingerprint density at radius 2 is 2.00 bits per heavy atom. The number of hydrogen-bond acceptors (Lipinski definition) is 5. The van der Waals surface area contributed by atoms with Gasteiger partial charge in [-0.25, -0.2) is 0 Å². The van der Waals surface area contributed by atoms with Crippen LogP contribution in [0.25, 0.3) is 0 Å². The van der Waals surface area contributed by atoms with Crippen LogP contribution in [-0.4, -0.2) is 34.9 Å². The van der Waals surface area contributed by atoms with Crippen LogP contribution in [0.5, 0.6) is 0 Å². The lowest BCUT2D eigenvalue weighted by molar-refractivity contribution is -0.136. The van der Waals surface area contributed by atoms with E-state index in [0.29, 0.717) is 5.69 Å². The predicted octanol–water partition coefficient (Wildman–Crippen LogP) is 2.38. The normalized spacial score (nSPS) is 17.6. The van der Waals surface area contributed by atoms with Crippen molar-refractivity contribution in [2.75, 3.05) is 12.4 Å². The van der Waals surface area contributed by atoms with E-state index >= 15 is 0 Å². The quantitative estimate of drug-likeness (QED) is 0.871. The Bertz CT molecular complexity index is 740. The molecule has 0 spiro atoms. The second-order valence-corrected chi connectivity index (χ2v) is 6.33. The molecule has 1 N–H and O–H groups in total. The van der Waals surface area contributed by atoms with Crippen molar-refractivity contribution >= 4 is 35.2 Å². The van der Waals surface area contributed by atoms with Crippen molar-refractivity contribution in [3.05, 3.63) is 48.4 Å². The molecule has 23 heavy (non-hydrogen) atoms. The Morgan fingerprint density at radius 1 is 1.26 bits per heavy atom. The lowest BCUT2D eigenvalue weighted by Crippen LogP contribution is -2.26. The number of anilines is 1. The molecule has 7 heteroatoms. The molecule has 0 radical (unpaired) electrons. The first-order valence-electron chi connectivity index (χ1n) is 6.96. The fourth-order valence-corrected chi connectivity index (χ4v) is 3.30. The van der Waals surface area contributed by atoms with E-state index in [1.165, 1.54) is 25.1 Å². The summed E-state index contributed by atoms with van der Waals surface area (Å²) in [6, 6.07) is 10.3. The van der Waals surface area contributed by atoms with Crippen LogP contribution in [0.1, 0.15) is 17.0 Å². The number of likely N-dealkylation sites (tertiary alicyclic amines) is 1. The molecule has 2 heterocycles. The molecule has 1 aliphatic heterocycles. The van der Waals surface area contributed by atoms with Gasteiger partial charge in [0.05, 0.1) is 11.5 Å². The molecule has 1 aromatic carbocycles. The van der Waals surface area contributed by atoms with E-state index in [1.54, 1.807) is 36.4 Å². The molecule has 1 fully saturated rings. The van der Waals surface area contributed by atoms with Crippen LogP contribution < -0.4 is 5.32 Å². The maximum atomic E-state index is 11.9. The van der Waals surface area contributed by atoms with Gasteiger partial charge in [0.2, 0.25) is 11.8 Å². The molecule has 1 aromatic heterocycles. The summed E-state index contributed by atoms with van der Waals surface area (Å²) in [4.78, 5) is 37.3. The molecule has 6 nitrogen and oxygen atoms in total. The fraction of sp³-hybridized carbons (Fsp3) is 0.188. The van der Waals surface area contributed by atoms with E-state index in [-0.39, 0.29) is 35.2 Å². The molecule has 1 saturated heterocycles. The van der Waals surface area contributed by atoms with E-state index < -0.39 is 0 Å². The first-order valence-corrected chi connectivity index (χ1v) is 7.84. The molecular weight excluding hydrogens is 316 g/mol. The van der Waals surface area contributed by atoms with Crippen molar-refractivity contribution in [3.8, 4) is 0 Å². The Kier molecular flexibility index (Phi) is 4.20. The van der Waals surface area contributed by atoms with Gasteiger partial charge in [-0.2, -0.15) is 0 Å². The van der Waals surface area contributed by atoms with E-state index in [2.05, 4.69) is 5.32 Å². The zero-order valence-electron chi connectivity index (χ0n) is 12.3. The smallest absolute Gasteiger partial charge is 0.291 e. The highest BCUT2D eigenvalue weighted by Gasteiger charge is 2.36. The Hall–Kier alpha value is -2.54. The minimum absolute atomic E-state index is 0.158. The number of hydrogen-bond donors (Lipinski definition) is 1. The van der Waals surface area contributed by atoms with Crippen molar-refractivity contribution in [2.45, 2.75) is 16.6 Å². The number of thioether (sulfide) groups is 1. The minimum Gasteiger partial charge on any atom is -0.459 e. The van der Waals surface area contributed by atoms with Gasteiger partial charge in [-0.3, -0.25) is 19.3 Å². The molecule has 0 saturated carbocycles. The van der Waals surface area contributed by atoms with Gasteiger partial charge in [0.15, 0.2) is 5.76 Å². The zero-order chi connectivity index (χ0) is 16.4. The van der Waals surface area contributed by atoms with Crippen LogP contribution in [0, 0.1) is 0 Å². The molecule has 1 aliphatic rings. The Morgan fingerprint density at radius 3 is 2.57 bits per heavy atom. The molecule has 3 amide bonds. The van der Waals surface area contributed by atoms with Crippen molar-refractivity contribution in [1.29, 1.82) is 0 Å². The van der Waals surface area contributed by atoms with Crippen molar-refractivity contribution in [1.82, 2.24) is 4.90 Å². The largest absolute Gasteiger partial charge is 0.459 e. The molecule has 118 valence electrons. The highest BCUT2D eigenvalue weighted by atomic mass is 32.2. The van der Waals surface area contributed by atoms with Crippen molar-refractivity contribution < 1.29 is 18.8 Å². The number of nitrogens with one attached hydrogen (secondary N) is 1. The first kappa shape index (κ1) is 15.4. The summed E-state index contributed by atoms with van der Waals surface area (Å²) in [6.45, 7) is 0. The number of rotatable bonds is 4. The van der Waals surface area contributed by atoms with Gasteiger partial charge in [-0.1, -0.05) is 0 Å². The lowest BCUT2D eigenvalue weighted by atomic mass is 10.3. The van der Waals surface area contributed by atoms with Crippen molar-refractivity contribution in [2.24, 2.45) is 0 Å². The molecule has 2 aromatic rings. The summed E-state index contributed by atoms with van der Waals surface area (Å²) < 4.78 is 5.02. The number of amides is 3. The number of imide groups is 1. The molecule has 1 unspecified atom stereocenters. The second-order valence-electron chi connectivity index (χ2n) is 5.06. The molecular formula is C16H14N2O4S. The van der Waals surface area contributed by atoms with Gasteiger partial charge < -0.3 is 9.73 Å². The average Bonchev–Trinajstić information content (AvgIpc) is 3.15. The molecule has 0 bridgehead atoms. The van der Waals surface area contributed by atoms with E-state index in [9.17, 15) is 14.4 Å². The Labute approximate surface area is 136 Å². The third-order valence-electron chi connectivity index (χ3n) is 3.48. The summed E-state index contributed by atoms with van der Waals surface area (Å²) >= 11 is 1.35. The minimum atomic E-state index is -0.379. The third-order valence-corrected chi connectivity index (χ3v) is 4.67. The summed E-state index contributed by atoms with van der Waals surface area (Å²) in [7, 11) is 1.50. The number of carbonyl (C=O) groups is 3. The highest BCUT2D eigenvalue weighted by Crippen LogP contribution is 2.31. The monoisotopic (exact) mass is 330 g/mol. The lowest BCUT2D eigenvalue weighted by Gasteiger charge is -2.09. The number of nitrogens with zero attached hydrogens (tertiary/aromatic N) is 1.